The van der Waals surface area contributed by atoms with Crippen molar-refractivity contribution in [3.05, 3.63) is 0 Å². The van der Waals surface area contributed by atoms with Crippen molar-refractivity contribution in [3.8, 4) is 0 Å². The smallest absolute Gasteiger partial charge is 0.224 e. The molecule has 0 spiro atoms. The van der Waals surface area contributed by atoms with Gasteiger partial charge in [0.2, 0.25) is 5.91 Å². The third-order valence-electron chi connectivity index (χ3n) is 3.19. The summed E-state index contributed by atoms with van der Waals surface area (Å²) in [6.45, 7) is 5.39. The molecule has 1 atom stereocenters. The molecular formula is C11H22N2O. The summed E-state index contributed by atoms with van der Waals surface area (Å²) in [6, 6.07) is 0. The molecule has 1 rings (SSSR count). The van der Waals surface area contributed by atoms with Gasteiger partial charge in [-0.2, -0.15) is 0 Å². The Morgan fingerprint density at radius 2 is 2.14 bits per heavy atom. The van der Waals surface area contributed by atoms with Gasteiger partial charge in [-0.1, -0.05) is 20.3 Å². The maximum Gasteiger partial charge on any atom is 0.224 e. The fourth-order valence-corrected chi connectivity index (χ4v) is 1.75. The van der Waals surface area contributed by atoms with E-state index >= 15 is 0 Å². The lowest BCUT2D eigenvalue weighted by atomic mass is 9.85. The van der Waals surface area contributed by atoms with Gasteiger partial charge in [0.1, 0.15) is 0 Å². The fraction of sp³-hybridized carbons (Fsp3) is 0.909. The largest absolute Gasteiger partial charge is 0.356 e. The van der Waals surface area contributed by atoms with Crippen molar-refractivity contribution in [1.82, 2.24) is 5.32 Å². The average molecular weight is 198 g/mol. The summed E-state index contributed by atoms with van der Waals surface area (Å²) < 4.78 is 0. The summed E-state index contributed by atoms with van der Waals surface area (Å²) in [5, 5.41) is 3.00. The quantitative estimate of drug-likeness (QED) is 0.696. The van der Waals surface area contributed by atoms with Gasteiger partial charge in [0.25, 0.3) is 0 Å². The van der Waals surface area contributed by atoms with E-state index in [0.29, 0.717) is 12.5 Å². The first kappa shape index (κ1) is 11.5. The Hall–Kier alpha value is -0.570. The molecule has 1 aliphatic carbocycles. The predicted octanol–water partition coefficient (Wildman–Crippen LogP) is 1.13. The third kappa shape index (κ3) is 2.98. The first-order chi connectivity index (χ1) is 6.65. The Bertz CT molecular complexity index is 188. The number of hydrogen-bond acceptors (Lipinski definition) is 2. The summed E-state index contributed by atoms with van der Waals surface area (Å²) in [7, 11) is 0. The van der Waals surface area contributed by atoms with E-state index in [1.165, 1.54) is 19.3 Å². The predicted molar refractivity (Wildman–Crippen MR) is 57.7 cm³/mol. The van der Waals surface area contributed by atoms with Crippen LogP contribution in [0.4, 0.5) is 0 Å². The zero-order chi connectivity index (χ0) is 10.6. The van der Waals surface area contributed by atoms with Crippen LogP contribution in [0, 0.1) is 17.8 Å². The van der Waals surface area contributed by atoms with Gasteiger partial charge < -0.3 is 11.1 Å². The van der Waals surface area contributed by atoms with Crippen LogP contribution in [0.25, 0.3) is 0 Å². The highest BCUT2D eigenvalue weighted by molar-refractivity contribution is 5.79. The number of carbonyl (C=O) groups excluding carboxylic acids is 1. The molecule has 0 bridgehead atoms. The second-order valence-electron chi connectivity index (χ2n) is 4.63. The molecule has 0 aromatic rings. The van der Waals surface area contributed by atoms with E-state index in [9.17, 15) is 4.79 Å². The Balaban J connectivity index is 2.24. The Kier molecular flexibility index (Phi) is 4.39. The van der Waals surface area contributed by atoms with Gasteiger partial charge in [-0.05, 0) is 24.7 Å². The molecule has 0 aromatic heterocycles. The molecule has 1 saturated carbocycles. The molecule has 3 N–H and O–H groups in total. The van der Waals surface area contributed by atoms with E-state index in [4.69, 9.17) is 5.73 Å². The van der Waals surface area contributed by atoms with E-state index in [1.54, 1.807) is 0 Å². The molecule has 1 unspecified atom stereocenters. The van der Waals surface area contributed by atoms with E-state index in [1.807, 2.05) is 13.8 Å². The number of nitrogens with one attached hydrogen (secondary N) is 1. The molecule has 0 radical (unpaired) electrons. The van der Waals surface area contributed by atoms with Gasteiger partial charge in [-0.3, -0.25) is 4.79 Å². The van der Waals surface area contributed by atoms with Gasteiger partial charge in [0, 0.05) is 13.1 Å². The van der Waals surface area contributed by atoms with Crippen molar-refractivity contribution in [2.24, 2.45) is 23.5 Å². The minimum absolute atomic E-state index is 0.0184. The maximum atomic E-state index is 11.7. The second-order valence-corrected chi connectivity index (χ2v) is 4.63. The monoisotopic (exact) mass is 198 g/mol. The SMILES string of the molecule is CC(C)C(CN)C(=O)NCC1CCC1. The molecule has 1 fully saturated rings. The molecule has 14 heavy (non-hydrogen) atoms. The van der Waals surface area contributed by atoms with Gasteiger partial charge in [0.05, 0.1) is 5.92 Å². The van der Waals surface area contributed by atoms with Crippen LogP contribution < -0.4 is 11.1 Å². The van der Waals surface area contributed by atoms with Crippen LogP contribution >= 0.6 is 0 Å². The molecule has 0 saturated heterocycles. The summed E-state index contributed by atoms with van der Waals surface area (Å²) in [5.74, 6) is 1.18. The van der Waals surface area contributed by atoms with Crippen molar-refractivity contribution in [2.45, 2.75) is 33.1 Å². The lowest BCUT2D eigenvalue weighted by Gasteiger charge is -2.27. The number of carbonyl (C=O) groups is 1. The van der Waals surface area contributed by atoms with Crippen molar-refractivity contribution in [1.29, 1.82) is 0 Å². The molecule has 1 amide bonds. The van der Waals surface area contributed by atoms with Gasteiger partial charge in [0.15, 0.2) is 0 Å². The molecule has 3 heteroatoms. The van der Waals surface area contributed by atoms with Crippen molar-refractivity contribution in [2.75, 3.05) is 13.1 Å². The zero-order valence-corrected chi connectivity index (χ0v) is 9.25. The number of hydrogen-bond donors (Lipinski definition) is 2. The Labute approximate surface area is 86.4 Å². The van der Waals surface area contributed by atoms with Crippen LogP contribution in [-0.2, 0) is 4.79 Å². The molecule has 3 nitrogen and oxygen atoms in total. The average Bonchev–Trinajstić information content (AvgIpc) is 2.01. The first-order valence-electron chi connectivity index (χ1n) is 5.63. The normalized spacial score (nSPS) is 19.1. The minimum atomic E-state index is -0.0184. The molecule has 0 aliphatic heterocycles. The Morgan fingerprint density at radius 3 is 2.50 bits per heavy atom. The van der Waals surface area contributed by atoms with E-state index in [0.717, 1.165) is 12.5 Å². The van der Waals surface area contributed by atoms with Gasteiger partial charge in [-0.15, -0.1) is 0 Å². The highest BCUT2D eigenvalue weighted by Crippen LogP contribution is 2.25. The van der Waals surface area contributed by atoms with Crippen molar-refractivity contribution < 1.29 is 4.79 Å². The lowest BCUT2D eigenvalue weighted by Crippen LogP contribution is -2.40. The van der Waals surface area contributed by atoms with E-state index in [2.05, 4.69) is 5.32 Å². The standard InChI is InChI=1S/C11H22N2O/c1-8(2)10(6-12)11(14)13-7-9-4-3-5-9/h8-10H,3-7,12H2,1-2H3,(H,13,14). The fourth-order valence-electron chi connectivity index (χ4n) is 1.75. The second kappa shape index (κ2) is 5.35. The molecule has 0 heterocycles. The van der Waals surface area contributed by atoms with Crippen LogP contribution in [0.1, 0.15) is 33.1 Å². The number of amides is 1. The lowest BCUT2D eigenvalue weighted by molar-refractivity contribution is -0.126. The summed E-state index contributed by atoms with van der Waals surface area (Å²) in [5.41, 5.74) is 5.57. The molecule has 1 aliphatic rings. The van der Waals surface area contributed by atoms with Crippen LogP contribution in [0.3, 0.4) is 0 Å². The topological polar surface area (TPSA) is 55.1 Å². The maximum absolute atomic E-state index is 11.7. The van der Waals surface area contributed by atoms with Crippen LogP contribution in [-0.4, -0.2) is 19.0 Å². The Morgan fingerprint density at radius 1 is 1.50 bits per heavy atom. The number of rotatable bonds is 5. The molecular weight excluding hydrogens is 176 g/mol. The van der Waals surface area contributed by atoms with Crippen molar-refractivity contribution >= 4 is 5.91 Å². The minimum Gasteiger partial charge on any atom is -0.356 e. The third-order valence-corrected chi connectivity index (χ3v) is 3.19. The summed E-state index contributed by atoms with van der Waals surface area (Å²) in [6.07, 6.45) is 3.87. The zero-order valence-electron chi connectivity index (χ0n) is 9.25. The highest BCUT2D eigenvalue weighted by Gasteiger charge is 2.23. The summed E-state index contributed by atoms with van der Waals surface area (Å²) >= 11 is 0. The highest BCUT2D eigenvalue weighted by atomic mass is 16.1. The number of nitrogens with two attached hydrogens (primary N) is 1. The van der Waals surface area contributed by atoms with Gasteiger partial charge >= 0.3 is 0 Å². The van der Waals surface area contributed by atoms with Crippen molar-refractivity contribution in [3.63, 3.8) is 0 Å². The van der Waals surface area contributed by atoms with Gasteiger partial charge in [-0.25, -0.2) is 0 Å². The molecule has 0 aromatic carbocycles. The van der Waals surface area contributed by atoms with E-state index in [-0.39, 0.29) is 11.8 Å². The summed E-state index contributed by atoms with van der Waals surface area (Å²) in [4.78, 5) is 11.7. The molecule has 82 valence electrons. The first-order valence-corrected chi connectivity index (χ1v) is 5.63. The van der Waals surface area contributed by atoms with Crippen LogP contribution in [0.2, 0.25) is 0 Å². The van der Waals surface area contributed by atoms with E-state index < -0.39 is 0 Å². The van der Waals surface area contributed by atoms with Crippen LogP contribution in [0.15, 0.2) is 0 Å². The van der Waals surface area contributed by atoms with Crippen LogP contribution in [0.5, 0.6) is 0 Å².